The third-order valence-electron chi connectivity index (χ3n) is 2.70. The minimum Gasteiger partial charge on any atom is -0.350 e. The standard InChI is InChI=1S/C14H15Cl2N3/c15-12-8-13(16)14(18-9-12)19(7-6-17)10-11-4-2-1-3-5-11/h1-5,8-9H,6-7,10,17H2. The molecule has 3 nitrogen and oxygen atoms in total. The Morgan fingerprint density at radius 1 is 1.16 bits per heavy atom. The molecule has 0 atom stereocenters. The summed E-state index contributed by atoms with van der Waals surface area (Å²) in [4.78, 5) is 6.35. The number of rotatable bonds is 5. The average Bonchev–Trinajstić information content (AvgIpc) is 2.39. The van der Waals surface area contributed by atoms with E-state index in [2.05, 4.69) is 17.1 Å². The molecule has 0 amide bonds. The molecule has 0 radical (unpaired) electrons. The Balaban J connectivity index is 2.24. The van der Waals surface area contributed by atoms with Gasteiger partial charge in [0.1, 0.15) is 5.82 Å². The third-order valence-corrected chi connectivity index (χ3v) is 3.19. The second-order valence-corrected chi connectivity index (χ2v) is 5.00. The summed E-state index contributed by atoms with van der Waals surface area (Å²) in [5.41, 5.74) is 6.85. The van der Waals surface area contributed by atoms with Gasteiger partial charge in [-0.3, -0.25) is 0 Å². The summed E-state index contributed by atoms with van der Waals surface area (Å²) in [6.45, 7) is 1.93. The number of halogens is 2. The second-order valence-electron chi connectivity index (χ2n) is 4.15. The van der Waals surface area contributed by atoms with E-state index in [4.69, 9.17) is 28.9 Å². The molecule has 100 valence electrons. The molecule has 2 rings (SSSR count). The largest absolute Gasteiger partial charge is 0.350 e. The first kappa shape index (κ1) is 14.1. The normalized spacial score (nSPS) is 10.5. The Kier molecular flexibility index (Phi) is 5.02. The maximum Gasteiger partial charge on any atom is 0.147 e. The van der Waals surface area contributed by atoms with Crippen molar-refractivity contribution in [3.05, 3.63) is 58.2 Å². The van der Waals surface area contributed by atoms with Gasteiger partial charge in [0.15, 0.2) is 0 Å². The lowest BCUT2D eigenvalue weighted by Crippen LogP contribution is -2.29. The lowest BCUT2D eigenvalue weighted by Gasteiger charge is -2.24. The minimum atomic E-state index is 0.529. The molecule has 1 heterocycles. The third kappa shape index (κ3) is 3.83. The van der Waals surface area contributed by atoms with Gasteiger partial charge in [0, 0.05) is 25.8 Å². The maximum atomic E-state index is 6.20. The molecule has 19 heavy (non-hydrogen) atoms. The molecule has 0 aliphatic carbocycles. The first-order chi connectivity index (χ1) is 9.20. The molecule has 1 aromatic heterocycles. The fourth-order valence-electron chi connectivity index (χ4n) is 1.86. The highest BCUT2D eigenvalue weighted by Gasteiger charge is 2.12. The lowest BCUT2D eigenvalue weighted by atomic mass is 10.2. The average molecular weight is 296 g/mol. The predicted molar refractivity (Wildman–Crippen MR) is 80.8 cm³/mol. The number of hydrogen-bond acceptors (Lipinski definition) is 3. The topological polar surface area (TPSA) is 42.1 Å². The quantitative estimate of drug-likeness (QED) is 0.920. The van der Waals surface area contributed by atoms with Crippen molar-refractivity contribution in [1.82, 2.24) is 4.98 Å². The van der Waals surface area contributed by atoms with Gasteiger partial charge in [0.2, 0.25) is 0 Å². The van der Waals surface area contributed by atoms with Gasteiger partial charge in [0.25, 0.3) is 0 Å². The van der Waals surface area contributed by atoms with Crippen molar-refractivity contribution in [3.63, 3.8) is 0 Å². The van der Waals surface area contributed by atoms with Crippen LogP contribution in [0.25, 0.3) is 0 Å². The molecule has 0 aliphatic rings. The van der Waals surface area contributed by atoms with Crippen molar-refractivity contribution in [3.8, 4) is 0 Å². The molecular formula is C14H15Cl2N3. The van der Waals surface area contributed by atoms with Crippen molar-refractivity contribution in [1.29, 1.82) is 0 Å². The second kappa shape index (κ2) is 6.75. The highest BCUT2D eigenvalue weighted by Crippen LogP contribution is 2.26. The number of benzene rings is 1. The van der Waals surface area contributed by atoms with E-state index in [1.54, 1.807) is 12.3 Å². The van der Waals surface area contributed by atoms with E-state index in [0.717, 1.165) is 0 Å². The Bertz CT molecular complexity index is 531. The van der Waals surface area contributed by atoms with Gasteiger partial charge >= 0.3 is 0 Å². The number of nitrogens with zero attached hydrogens (tertiary/aromatic N) is 2. The number of pyridine rings is 1. The van der Waals surface area contributed by atoms with Crippen LogP contribution in [0.1, 0.15) is 5.56 Å². The zero-order valence-electron chi connectivity index (χ0n) is 10.4. The SMILES string of the molecule is NCCN(Cc1ccccc1)c1ncc(Cl)cc1Cl. The van der Waals surface area contributed by atoms with Crippen LogP contribution >= 0.6 is 23.2 Å². The molecule has 0 unspecified atom stereocenters. The van der Waals surface area contributed by atoms with E-state index in [1.807, 2.05) is 23.1 Å². The molecule has 0 spiro atoms. The van der Waals surface area contributed by atoms with Crippen LogP contribution < -0.4 is 10.6 Å². The maximum absolute atomic E-state index is 6.20. The Morgan fingerprint density at radius 3 is 2.53 bits per heavy atom. The Labute approximate surface area is 123 Å². The summed E-state index contributed by atoms with van der Waals surface area (Å²) in [6.07, 6.45) is 1.59. The molecule has 0 saturated carbocycles. The molecule has 0 saturated heterocycles. The van der Waals surface area contributed by atoms with Crippen LogP contribution in [0.3, 0.4) is 0 Å². The van der Waals surface area contributed by atoms with Crippen LogP contribution in [0.15, 0.2) is 42.6 Å². The monoisotopic (exact) mass is 295 g/mol. The molecule has 2 N–H and O–H groups in total. The van der Waals surface area contributed by atoms with Crippen molar-refractivity contribution >= 4 is 29.0 Å². The fourth-order valence-corrected chi connectivity index (χ4v) is 2.36. The van der Waals surface area contributed by atoms with E-state index < -0.39 is 0 Å². The molecule has 0 bridgehead atoms. The molecular weight excluding hydrogens is 281 g/mol. The van der Waals surface area contributed by atoms with Crippen molar-refractivity contribution < 1.29 is 0 Å². The van der Waals surface area contributed by atoms with E-state index in [0.29, 0.717) is 35.5 Å². The van der Waals surface area contributed by atoms with Crippen LogP contribution in [0.5, 0.6) is 0 Å². The summed E-state index contributed by atoms with van der Waals surface area (Å²) in [5.74, 6) is 0.709. The molecule has 5 heteroatoms. The van der Waals surface area contributed by atoms with Gasteiger partial charge in [-0.05, 0) is 11.6 Å². The van der Waals surface area contributed by atoms with Crippen molar-refractivity contribution in [2.45, 2.75) is 6.54 Å². The van der Waals surface area contributed by atoms with Crippen LogP contribution in [0.2, 0.25) is 10.0 Å². The van der Waals surface area contributed by atoms with Crippen molar-refractivity contribution in [2.75, 3.05) is 18.0 Å². The van der Waals surface area contributed by atoms with Gasteiger partial charge in [0.05, 0.1) is 10.0 Å². The molecule has 0 fully saturated rings. The lowest BCUT2D eigenvalue weighted by molar-refractivity contribution is 0.776. The molecule has 1 aromatic carbocycles. The van der Waals surface area contributed by atoms with Gasteiger partial charge in [-0.2, -0.15) is 0 Å². The summed E-state index contributed by atoms with van der Waals surface area (Å²) in [7, 11) is 0. The summed E-state index contributed by atoms with van der Waals surface area (Å²) >= 11 is 12.1. The zero-order chi connectivity index (χ0) is 13.7. The highest BCUT2D eigenvalue weighted by atomic mass is 35.5. The van der Waals surface area contributed by atoms with Gasteiger partial charge in [-0.15, -0.1) is 0 Å². The summed E-state index contributed by atoms with van der Waals surface area (Å²) < 4.78 is 0. The number of nitrogens with two attached hydrogens (primary N) is 1. The number of aromatic nitrogens is 1. The van der Waals surface area contributed by atoms with E-state index in [9.17, 15) is 0 Å². The van der Waals surface area contributed by atoms with Gasteiger partial charge in [-0.25, -0.2) is 4.98 Å². The Hall–Kier alpha value is -1.29. The van der Waals surface area contributed by atoms with Gasteiger partial charge in [-0.1, -0.05) is 53.5 Å². The van der Waals surface area contributed by atoms with Crippen molar-refractivity contribution in [2.24, 2.45) is 5.73 Å². The molecule has 0 aliphatic heterocycles. The van der Waals surface area contributed by atoms with E-state index in [-0.39, 0.29) is 0 Å². The molecule has 2 aromatic rings. The number of anilines is 1. The number of hydrogen-bond donors (Lipinski definition) is 1. The summed E-state index contributed by atoms with van der Waals surface area (Å²) in [6, 6.07) is 11.8. The van der Waals surface area contributed by atoms with Crippen LogP contribution in [0.4, 0.5) is 5.82 Å². The van der Waals surface area contributed by atoms with Crippen LogP contribution in [0, 0.1) is 0 Å². The predicted octanol–water partition coefficient (Wildman–Crippen LogP) is 3.35. The zero-order valence-corrected chi connectivity index (χ0v) is 11.9. The van der Waals surface area contributed by atoms with Crippen LogP contribution in [-0.4, -0.2) is 18.1 Å². The Morgan fingerprint density at radius 2 is 1.89 bits per heavy atom. The minimum absolute atomic E-state index is 0.529. The van der Waals surface area contributed by atoms with E-state index >= 15 is 0 Å². The first-order valence-corrected chi connectivity index (χ1v) is 6.76. The smallest absolute Gasteiger partial charge is 0.147 e. The van der Waals surface area contributed by atoms with E-state index in [1.165, 1.54) is 5.56 Å². The first-order valence-electron chi connectivity index (χ1n) is 6.00. The fraction of sp³-hybridized carbons (Fsp3) is 0.214. The van der Waals surface area contributed by atoms with Crippen LogP contribution in [-0.2, 0) is 6.54 Å². The van der Waals surface area contributed by atoms with Gasteiger partial charge < -0.3 is 10.6 Å². The highest BCUT2D eigenvalue weighted by molar-refractivity contribution is 6.36. The summed E-state index contributed by atoms with van der Waals surface area (Å²) in [5, 5.41) is 1.07.